The van der Waals surface area contributed by atoms with Gasteiger partial charge in [0.05, 0.1) is 15.2 Å². The average Bonchev–Trinajstić information content (AvgIpc) is 2.56. The highest BCUT2D eigenvalue weighted by Crippen LogP contribution is 2.23. The normalized spacial score (nSPS) is 11.0. The first-order chi connectivity index (χ1) is 6.79. The molecule has 3 heteroatoms. The number of likely N-dealkylation sites (N-methyl/N-ethyl adjacent to an activating group) is 1. The zero-order valence-corrected chi connectivity index (χ0v) is 9.32. The summed E-state index contributed by atoms with van der Waals surface area (Å²) in [7, 11) is 1.97. The lowest BCUT2D eigenvalue weighted by atomic mass is 10.2. The van der Waals surface area contributed by atoms with Crippen LogP contribution < -0.4 is 5.32 Å². The van der Waals surface area contributed by atoms with E-state index in [-0.39, 0.29) is 0 Å². The van der Waals surface area contributed by atoms with Crippen LogP contribution in [0.5, 0.6) is 0 Å². The molecule has 0 saturated heterocycles. The molecule has 0 fully saturated rings. The molecule has 1 aromatic heterocycles. The van der Waals surface area contributed by atoms with Gasteiger partial charge in [0.25, 0.3) is 0 Å². The number of rotatable bonds is 3. The zero-order chi connectivity index (χ0) is 9.97. The molecule has 74 valence electrons. The van der Waals surface area contributed by atoms with E-state index < -0.39 is 0 Å². The van der Waals surface area contributed by atoms with Gasteiger partial charge in [-0.25, -0.2) is 4.98 Å². The third-order valence-electron chi connectivity index (χ3n) is 2.18. The Hall–Kier alpha value is -0.930. The topological polar surface area (TPSA) is 24.9 Å². The van der Waals surface area contributed by atoms with Gasteiger partial charge in [-0.3, -0.25) is 0 Å². The fourth-order valence-electron chi connectivity index (χ4n) is 1.42. The van der Waals surface area contributed by atoms with Gasteiger partial charge in [0.15, 0.2) is 0 Å². The Morgan fingerprint density at radius 1 is 1.43 bits per heavy atom. The van der Waals surface area contributed by atoms with Crippen molar-refractivity contribution in [2.45, 2.75) is 13.3 Å². The van der Waals surface area contributed by atoms with Crippen molar-refractivity contribution >= 4 is 21.6 Å². The van der Waals surface area contributed by atoms with Gasteiger partial charge in [-0.05, 0) is 31.7 Å². The highest BCUT2D eigenvalue weighted by atomic mass is 32.1. The van der Waals surface area contributed by atoms with Crippen molar-refractivity contribution in [2.75, 3.05) is 13.6 Å². The van der Waals surface area contributed by atoms with Crippen LogP contribution in [0.25, 0.3) is 10.2 Å². The Morgan fingerprint density at radius 3 is 3.07 bits per heavy atom. The highest BCUT2D eigenvalue weighted by Gasteiger charge is 2.02. The second-order valence-electron chi connectivity index (χ2n) is 3.43. The molecule has 0 aliphatic heterocycles. The third kappa shape index (κ3) is 1.94. The van der Waals surface area contributed by atoms with Gasteiger partial charge in [-0.15, -0.1) is 11.3 Å². The van der Waals surface area contributed by atoms with Gasteiger partial charge in [0.1, 0.15) is 0 Å². The largest absolute Gasteiger partial charge is 0.319 e. The van der Waals surface area contributed by atoms with Gasteiger partial charge in [0, 0.05) is 13.0 Å². The number of hydrogen-bond donors (Lipinski definition) is 1. The summed E-state index contributed by atoms with van der Waals surface area (Å²) < 4.78 is 1.30. The first kappa shape index (κ1) is 9.62. The van der Waals surface area contributed by atoms with Crippen LogP contribution in [0.1, 0.15) is 10.6 Å². The molecule has 0 radical (unpaired) electrons. The molecule has 0 spiro atoms. The minimum atomic E-state index is 0.999. The summed E-state index contributed by atoms with van der Waals surface area (Å²) in [5.41, 5.74) is 2.44. The summed E-state index contributed by atoms with van der Waals surface area (Å²) in [5, 5.41) is 4.36. The lowest BCUT2D eigenvalue weighted by molar-refractivity contribution is 0.789. The van der Waals surface area contributed by atoms with Crippen LogP contribution in [0.15, 0.2) is 18.2 Å². The first-order valence-corrected chi connectivity index (χ1v) is 5.62. The van der Waals surface area contributed by atoms with Crippen molar-refractivity contribution in [1.82, 2.24) is 10.3 Å². The maximum atomic E-state index is 4.57. The van der Waals surface area contributed by atoms with Crippen molar-refractivity contribution in [2.24, 2.45) is 0 Å². The lowest BCUT2D eigenvalue weighted by Crippen LogP contribution is -2.09. The number of nitrogens with zero attached hydrogens (tertiary/aromatic N) is 1. The number of hydrogen-bond acceptors (Lipinski definition) is 3. The van der Waals surface area contributed by atoms with E-state index in [1.54, 1.807) is 11.3 Å². The van der Waals surface area contributed by atoms with Crippen LogP contribution in [-0.4, -0.2) is 18.6 Å². The van der Waals surface area contributed by atoms with E-state index in [0.717, 1.165) is 18.5 Å². The number of aryl methyl sites for hydroxylation is 1. The molecule has 0 atom stereocenters. The van der Waals surface area contributed by atoms with Gasteiger partial charge >= 0.3 is 0 Å². The van der Waals surface area contributed by atoms with Crippen molar-refractivity contribution in [3.63, 3.8) is 0 Å². The smallest absolute Gasteiger partial charge is 0.0951 e. The molecule has 2 aromatic rings. The molecule has 0 saturated carbocycles. The monoisotopic (exact) mass is 206 g/mol. The molecule has 1 heterocycles. The molecule has 0 aliphatic carbocycles. The lowest BCUT2D eigenvalue weighted by Gasteiger charge is -1.92. The fourth-order valence-corrected chi connectivity index (χ4v) is 2.48. The Kier molecular flexibility index (Phi) is 2.79. The van der Waals surface area contributed by atoms with Gasteiger partial charge < -0.3 is 5.32 Å². The van der Waals surface area contributed by atoms with Crippen LogP contribution in [0.4, 0.5) is 0 Å². The van der Waals surface area contributed by atoms with Crippen molar-refractivity contribution in [3.05, 3.63) is 28.8 Å². The molecule has 0 bridgehead atoms. The Balaban J connectivity index is 2.32. The van der Waals surface area contributed by atoms with E-state index in [4.69, 9.17) is 0 Å². The standard InChI is InChI=1S/C11H14N2S/c1-8-3-4-9-10(7-8)14-11(13-9)5-6-12-2/h3-4,7,12H,5-6H2,1-2H3. The third-order valence-corrected chi connectivity index (χ3v) is 3.26. The summed E-state index contributed by atoms with van der Waals surface area (Å²) in [6.45, 7) is 3.12. The fraction of sp³-hybridized carbons (Fsp3) is 0.364. The van der Waals surface area contributed by atoms with Gasteiger partial charge in [0.2, 0.25) is 0 Å². The van der Waals surface area contributed by atoms with Gasteiger partial charge in [-0.1, -0.05) is 6.07 Å². The summed E-state index contributed by atoms with van der Waals surface area (Å²) in [6.07, 6.45) is 1.02. The van der Waals surface area contributed by atoms with Crippen LogP contribution in [-0.2, 0) is 6.42 Å². The van der Waals surface area contributed by atoms with E-state index in [1.165, 1.54) is 15.3 Å². The summed E-state index contributed by atoms with van der Waals surface area (Å²) in [6, 6.07) is 6.42. The Morgan fingerprint density at radius 2 is 2.29 bits per heavy atom. The predicted molar refractivity (Wildman–Crippen MR) is 62.0 cm³/mol. The molecule has 2 rings (SSSR count). The van der Waals surface area contributed by atoms with E-state index in [9.17, 15) is 0 Å². The van der Waals surface area contributed by atoms with E-state index in [0.29, 0.717) is 0 Å². The summed E-state index contributed by atoms with van der Waals surface area (Å²) in [5.74, 6) is 0. The molecular weight excluding hydrogens is 192 g/mol. The van der Waals surface area contributed by atoms with Crippen LogP contribution in [0.3, 0.4) is 0 Å². The first-order valence-electron chi connectivity index (χ1n) is 4.80. The van der Waals surface area contributed by atoms with Gasteiger partial charge in [-0.2, -0.15) is 0 Å². The molecule has 0 unspecified atom stereocenters. The van der Waals surface area contributed by atoms with E-state index in [1.807, 2.05) is 7.05 Å². The number of benzene rings is 1. The number of fused-ring (bicyclic) bond motifs is 1. The number of nitrogens with one attached hydrogen (secondary N) is 1. The quantitative estimate of drug-likeness (QED) is 0.834. The summed E-state index contributed by atoms with van der Waals surface area (Å²) in [4.78, 5) is 4.57. The number of aromatic nitrogens is 1. The predicted octanol–water partition coefficient (Wildman–Crippen LogP) is 2.37. The molecule has 0 aliphatic rings. The number of thiazole rings is 1. The molecule has 2 nitrogen and oxygen atoms in total. The Bertz CT molecular complexity index is 434. The molecular formula is C11H14N2S. The van der Waals surface area contributed by atoms with E-state index >= 15 is 0 Å². The minimum Gasteiger partial charge on any atom is -0.319 e. The maximum Gasteiger partial charge on any atom is 0.0951 e. The van der Waals surface area contributed by atoms with Crippen molar-refractivity contribution in [1.29, 1.82) is 0 Å². The maximum absolute atomic E-state index is 4.57. The van der Waals surface area contributed by atoms with Crippen LogP contribution in [0.2, 0.25) is 0 Å². The zero-order valence-electron chi connectivity index (χ0n) is 8.50. The second-order valence-corrected chi connectivity index (χ2v) is 4.55. The molecule has 1 aromatic carbocycles. The van der Waals surface area contributed by atoms with E-state index in [2.05, 4.69) is 35.4 Å². The van der Waals surface area contributed by atoms with Crippen LogP contribution in [0, 0.1) is 6.92 Å². The molecule has 1 N–H and O–H groups in total. The summed E-state index contributed by atoms with van der Waals surface area (Å²) >= 11 is 1.80. The minimum absolute atomic E-state index is 0.999. The SMILES string of the molecule is CNCCc1nc2ccc(C)cc2s1. The second kappa shape index (κ2) is 4.07. The average molecular weight is 206 g/mol. The van der Waals surface area contributed by atoms with Crippen LogP contribution >= 0.6 is 11.3 Å². The van der Waals surface area contributed by atoms with Crippen molar-refractivity contribution < 1.29 is 0 Å². The molecule has 0 amide bonds. The van der Waals surface area contributed by atoms with Crippen molar-refractivity contribution in [3.8, 4) is 0 Å². The highest BCUT2D eigenvalue weighted by molar-refractivity contribution is 7.18. The Labute approximate surface area is 88.0 Å². The molecule has 14 heavy (non-hydrogen) atoms.